The first-order valence-electron chi connectivity index (χ1n) is 9.85. The zero-order valence-corrected chi connectivity index (χ0v) is 18.3. The maximum Gasteiger partial charge on any atom is 0.263 e. The standard InChI is InChI=1S/C24H23FN2O2S/c1-5-20-26-23-22(24(28)27(20)13-16-7-6-8-17(25)12-16)21(15(3)30-23)18-11-14(2)9-10-19(18)29-4/h6-12H,5,13H2,1-4H3. The van der Waals surface area contributed by atoms with Gasteiger partial charge in [-0.05, 0) is 43.7 Å². The van der Waals surface area contributed by atoms with Crippen LogP contribution < -0.4 is 10.3 Å². The number of hydrogen-bond acceptors (Lipinski definition) is 4. The normalized spacial score (nSPS) is 11.2. The predicted octanol–water partition coefficient (Wildman–Crippen LogP) is 5.50. The molecule has 2 aromatic heterocycles. The number of fused-ring (bicyclic) bond motifs is 1. The molecule has 4 aromatic rings. The SMILES string of the molecule is CCc1nc2sc(C)c(-c3cc(C)ccc3OC)c2c(=O)n1Cc1cccc(F)c1. The van der Waals surface area contributed by atoms with Crippen molar-refractivity contribution in [2.75, 3.05) is 7.11 Å². The fraction of sp³-hybridized carbons (Fsp3) is 0.250. The number of thiophene rings is 1. The number of aryl methyl sites for hydroxylation is 3. The lowest BCUT2D eigenvalue weighted by molar-refractivity contribution is 0.416. The van der Waals surface area contributed by atoms with Crippen molar-refractivity contribution in [1.29, 1.82) is 0 Å². The number of methoxy groups -OCH3 is 1. The average Bonchev–Trinajstić information content (AvgIpc) is 3.05. The van der Waals surface area contributed by atoms with Gasteiger partial charge in [-0.2, -0.15) is 0 Å². The zero-order valence-electron chi connectivity index (χ0n) is 17.5. The molecular formula is C24H23FN2O2S. The summed E-state index contributed by atoms with van der Waals surface area (Å²) >= 11 is 1.52. The summed E-state index contributed by atoms with van der Waals surface area (Å²) < 4.78 is 20.9. The van der Waals surface area contributed by atoms with E-state index in [1.807, 2.05) is 45.0 Å². The highest BCUT2D eigenvalue weighted by Crippen LogP contribution is 2.40. The molecule has 2 aromatic carbocycles. The van der Waals surface area contributed by atoms with Crippen LogP contribution in [0.15, 0.2) is 47.3 Å². The maximum atomic E-state index is 13.7. The third kappa shape index (κ3) is 3.52. The molecule has 0 N–H and O–H groups in total. The number of halogens is 1. The minimum Gasteiger partial charge on any atom is -0.496 e. The first-order valence-corrected chi connectivity index (χ1v) is 10.7. The average molecular weight is 423 g/mol. The van der Waals surface area contributed by atoms with Crippen molar-refractivity contribution in [2.24, 2.45) is 0 Å². The van der Waals surface area contributed by atoms with E-state index >= 15 is 0 Å². The van der Waals surface area contributed by atoms with Gasteiger partial charge in [-0.1, -0.05) is 30.7 Å². The summed E-state index contributed by atoms with van der Waals surface area (Å²) in [7, 11) is 1.63. The molecule has 4 nitrogen and oxygen atoms in total. The summed E-state index contributed by atoms with van der Waals surface area (Å²) in [5.41, 5.74) is 3.46. The van der Waals surface area contributed by atoms with Crippen LogP contribution in [-0.4, -0.2) is 16.7 Å². The minimum atomic E-state index is -0.316. The number of benzene rings is 2. The van der Waals surface area contributed by atoms with E-state index in [0.717, 1.165) is 37.7 Å². The Hall–Kier alpha value is -2.99. The van der Waals surface area contributed by atoms with Crippen LogP contribution in [0.5, 0.6) is 5.75 Å². The lowest BCUT2D eigenvalue weighted by Gasteiger charge is -2.13. The van der Waals surface area contributed by atoms with Crippen molar-refractivity contribution in [3.05, 3.63) is 80.5 Å². The Morgan fingerprint density at radius 3 is 2.67 bits per heavy atom. The molecule has 0 aliphatic carbocycles. The summed E-state index contributed by atoms with van der Waals surface area (Å²) in [5, 5.41) is 0.593. The Morgan fingerprint density at radius 1 is 1.17 bits per heavy atom. The van der Waals surface area contributed by atoms with Crippen LogP contribution in [0, 0.1) is 19.7 Å². The van der Waals surface area contributed by atoms with Crippen LogP contribution in [0.4, 0.5) is 4.39 Å². The van der Waals surface area contributed by atoms with Crippen LogP contribution >= 0.6 is 11.3 Å². The van der Waals surface area contributed by atoms with Gasteiger partial charge in [-0.15, -0.1) is 11.3 Å². The van der Waals surface area contributed by atoms with Crippen LogP contribution in [0.3, 0.4) is 0 Å². The molecule has 2 heterocycles. The van der Waals surface area contributed by atoms with Gasteiger partial charge in [0.15, 0.2) is 0 Å². The Bertz CT molecular complexity index is 1310. The van der Waals surface area contributed by atoms with Gasteiger partial charge in [0.2, 0.25) is 0 Å². The molecule has 0 radical (unpaired) electrons. The molecule has 0 amide bonds. The third-order valence-corrected chi connectivity index (χ3v) is 6.24. The van der Waals surface area contributed by atoms with Crippen molar-refractivity contribution < 1.29 is 9.13 Å². The van der Waals surface area contributed by atoms with E-state index in [0.29, 0.717) is 17.6 Å². The maximum absolute atomic E-state index is 13.7. The second-order valence-corrected chi connectivity index (χ2v) is 8.52. The minimum absolute atomic E-state index is 0.107. The summed E-state index contributed by atoms with van der Waals surface area (Å²) in [5.74, 6) is 1.10. The topological polar surface area (TPSA) is 44.1 Å². The molecular weight excluding hydrogens is 399 g/mol. The summed E-state index contributed by atoms with van der Waals surface area (Å²) in [6.45, 7) is 6.27. The van der Waals surface area contributed by atoms with Crippen molar-refractivity contribution in [3.63, 3.8) is 0 Å². The highest BCUT2D eigenvalue weighted by atomic mass is 32.1. The first kappa shape index (κ1) is 20.3. The van der Waals surface area contributed by atoms with E-state index in [-0.39, 0.29) is 17.9 Å². The highest BCUT2D eigenvalue weighted by Gasteiger charge is 2.21. The van der Waals surface area contributed by atoms with Crippen LogP contribution in [0.25, 0.3) is 21.3 Å². The Labute approximate surface area is 178 Å². The molecule has 0 fully saturated rings. The number of hydrogen-bond donors (Lipinski definition) is 0. The van der Waals surface area contributed by atoms with Crippen molar-refractivity contribution in [3.8, 4) is 16.9 Å². The molecule has 0 aliphatic rings. The predicted molar refractivity (Wildman–Crippen MR) is 120 cm³/mol. The number of nitrogens with zero attached hydrogens (tertiary/aromatic N) is 2. The van der Waals surface area contributed by atoms with E-state index in [4.69, 9.17) is 9.72 Å². The van der Waals surface area contributed by atoms with Crippen LogP contribution in [0.2, 0.25) is 0 Å². The Balaban J connectivity index is 2.00. The van der Waals surface area contributed by atoms with Crippen molar-refractivity contribution >= 4 is 21.6 Å². The van der Waals surface area contributed by atoms with E-state index in [1.54, 1.807) is 17.7 Å². The van der Waals surface area contributed by atoms with Crippen LogP contribution in [-0.2, 0) is 13.0 Å². The zero-order chi connectivity index (χ0) is 21.4. The summed E-state index contributed by atoms with van der Waals surface area (Å²) in [4.78, 5) is 20.2. The third-order valence-electron chi connectivity index (χ3n) is 5.24. The van der Waals surface area contributed by atoms with Gasteiger partial charge in [0.25, 0.3) is 5.56 Å². The second kappa shape index (κ2) is 8.03. The van der Waals surface area contributed by atoms with Gasteiger partial charge >= 0.3 is 0 Å². The van der Waals surface area contributed by atoms with Gasteiger partial charge in [-0.25, -0.2) is 9.37 Å². The van der Waals surface area contributed by atoms with E-state index in [9.17, 15) is 9.18 Å². The molecule has 0 bridgehead atoms. The smallest absolute Gasteiger partial charge is 0.263 e. The van der Waals surface area contributed by atoms with E-state index in [1.165, 1.54) is 23.5 Å². The molecule has 30 heavy (non-hydrogen) atoms. The second-order valence-electron chi connectivity index (χ2n) is 7.32. The molecule has 6 heteroatoms. The quantitative estimate of drug-likeness (QED) is 0.427. The van der Waals surface area contributed by atoms with E-state index in [2.05, 4.69) is 0 Å². The fourth-order valence-corrected chi connectivity index (χ4v) is 4.88. The largest absolute Gasteiger partial charge is 0.496 e. The molecule has 0 saturated heterocycles. The van der Waals surface area contributed by atoms with Gasteiger partial charge in [0.1, 0.15) is 22.2 Å². The molecule has 154 valence electrons. The molecule has 0 saturated carbocycles. The number of ether oxygens (including phenoxy) is 1. The number of aromatic nitrogens is 2. The summed E-state index contributed by atoms with van der Waals surface area (Å²) in [6.07, 6.45) is 0.612. The molecule has 0 aliphatic heterocycles. The number of rotatable bonds is 5. The van der Waals surface area contributed by atoms with Crippen molar-refractivity contribution in [2.45, 2.75) is 33.7 Å². The monoisotopic (exact) mass is 422 g/mol. The molecule has 4 rings (SSSR count). The van der Waals surface area contributed by atoms with E-state index < -0.39 is 0 Å². The summed E-state index contributed by atoms with van der Waals surface area (Å²) in [6, 6.07) is 12.3. The Kier molecular flexibility index (Phi) is 5.43. The highest BCUT2D eigenvalue weighted by molar-refractivity contribution is 7.19. The first-order chi connectivity index (χ1) is 14.4. The molecule has 0 unspecified atom stereocenters. The van der Waals surface area contributed by atoms with Crippen molar-refractivity contribution in [1.82, 2.24) is 9.55 Å². The van der Waals surface area contributed by atoms with Gasteiger partial charge in [0.05, 0.1) is 19.0 Å². The van der Waals surface area contributed by atoms with Gasteiger partial charge < -0.3 is 4.74 Å². The molecule has 0 spiro atoms. The van der Waals surface area contributed by atoms with Gasteiger partial charge in [-0.3, -0.25) is 9.36 Å². The Morgan fingerprint density at radius 2 is 1.97 bits per heavy atom. The van der Waals surface area contributed by atoms with Gasteiger partial charge in [0, 0.05) is 22.4 Å². The molecule has 0 atom stereocenters. The fourth-order valence-electron chi connectivity index (χ4n) is 3.83. The lowest BCUT2D eigenvalue weighted by atomic mass is 10.0. The van der Waals surface area contributed by atoms with Crippen LogP contribution in [0.1, 0.15) is 28.8 Å². The lowest BCUT2D eigenvalue weighted by Crippen LogP contribution is -2.25.